The summed E-state index contributed by atoms with van der Waals surface area (Å²) in [5, 5.41) is 12.3. The first-order valence-corrected chi connectivity index (χ1v) is 7.42. The number of aliphatic hydroxyl groups is 1. The third kappa shape index (κ3) is 3.95. The number of carbonyl (C=O) groups is 1. The maximum absolute atomic E-state index is 12.3. The Kier molecular flexibility index (Phi) is 4.85. The number of anilines is 2. The van der Waals surface area contributed by atoms with Gasteiger partial charge in [-0.3, -0.25) is 9.69 Å². The Bertz CT molecular complexity index is 512. The van der Waals surface area contributed by atoms with Gasteiger partial charge in [-0.2, -0.15) is 0 Å². The third-order valence-electron chi connectivity index (χ3n) is 4.32. The van der Waals surface area contributed by atoms with Crippen LogP contribution in [0.25, 0.3) is 0 Å². The van der Waals surface area contributed by atoms with E-state index in [-0.39, 0.29) is 18.1 Å². The van der Waals surface area contributed by atoms with E-state index in [9.17, 15) is 9.90 Å². The molecule has 0 aromatic heterocycles. The van der Waals surface area contributed by atoms with Gasteiger partial charge in [0, 0.05) is 17.9 Å². The zero-order valence-electron chi connectivity index (χ0n) is 13.0. The van der Waals surface area contributed by atoms with Crippen LogP contribution in [-0.2, 0) is 4.79 Å². The van der Waals surface area contributed by atoms with Crippen LogP contribution in [0.3, 0.4) is 0 Å². The highest BCUT2D eigenvalue weighted by Gasteiger charge is 2.30. The van der Waals surface area contributed by atoms with Crippen molar-refractivity contribution in [3.05, 3.63) is 23.8 Å². The van der Waals surface area contributed by atoms with E-state index in [0.717, 1.165) is 30.6 Å². The van der Waals surface area contributed by atoms with Crippen LogP contribution in [-0.4, -0.2) is 41.7 Å². The van der Waals surface area contributed by atoms with Crippen LogP contribution >= 0.6 is 0 Å². The molecule has 1 aliphatic carbocycles. The van der Waals surface area contributed by atoms with Crippen LogP contribution in [0.2, 0.25) is 0 Å². The Morgan fingerprint density at radius 2 is 2.19 bits per heavy atom. The van der Waals surface area contributed by atoms with Gasteiger partial charge in [0.15, 0.2) is 0 Å². The number of hydrogen-bond donors (Lipinski definition) is 3. The summed E-state index contributed by atoms with van der Waals surface area (Å²) in [5.74, 6) is 0.459. The highest BCUT2D eigenvalue weighted by atomic mass is 16.3. The molecule has 1 atom stereocenters. The number of hydrogen-bond acceptors (Lipinski definition) is 4. The molecule has 0 saturated heterocycles. The number of nitrogen functional groups attached to an aromatic ring is 1. The number of likely N-dealkylation sites (N-methyl/N-ethyl adjacent to an activating group) is 1. The molecule has 1 unspecified atom stereocenters. The fraction of sp³-hybridized carbons (Fsp3) is 0.562. The first kappa shape index (κ1) is 15.8. The van der Waals surface area contributed by atoms with Gasteiger partial charge >= 0.3 is 0 Å². The molecule has 21 heavy (non-hydrogen) atoms. The molecule has 0 aliphatic heterocycles. The van der Waals surface area contributed by atoms with Crippen molar-refractivity contribution in [3.63, 3.8) is 0 Å². The molecular formula is C16H25N3O2. The van der Waals surface area contributed by atoms with Gasteiger partial charge in [0.2, 0.25) is 5.91 Å². The second-order valence-electron chi connectivity index (χ2n) is 6.17. The average molecular weight is 291 g/mol. The minimum atomic E-state index is -0.219. The van der Waals surface area contributed by atoms with E-state index in [1.807, 2.05) is 37.9 Å². The average Bonchev–Trinajstić information content (AvgIpc) is 2.40. The van der Waals surface area contributed by atoms with Crippen molar-refractivity contribution in [2.75, 3.05) is 24.6 Å². The van der Waals surface area contributed by atoms with E-state index >= 15 is 0 Å². The van der Waals surface area contributed by atoms with E-state index in [4.69, 9.17) is 5.73 Å². The summed E-state index contributed by atoms with van der Waals surface area (Å²) < 4.78 is 0. The van der Waals surface area contributed by atoms with Crippen molar-refractivity contribution >= 4 is 17.3 Å². The van der Waals surface area contributed by atoms with Crippen molar-refractivity contribution in [1.82, 2.24) is 4.90 Å². The fourth-order valence-corrected chi connectivity index (χ4v) is 2.63. The monoisotopic (exact) mass is 291 g/mol. The molecule has 1 fully saturated rings. The van der Waals surface area contributed by atoms with Crippen LogP contribution in [0.1, 0.15) is 25.3 Å². The van der Waals surface area contributed by atoms with Gasteiger partial charge in [-0.1, -0.05) is 6.07 Å². The number of benzene rings is 1. The minimum Gasteiger partial charge on any atom is -0.399 e. The van der Waals surface area contributed by atoms with Gasteiger partial charge in [-0.05, 0) is 57.4 Å². The Hall–Kier alpha value is -1.59. The Labute approximate surface area is 126 Å². The number of nitrogens with one attached hydrogen (secondary N) is 1. The molecule has 116 valence electrons. The lowest BCUT2D eigenvalue weighted by Crippen LogP contribution is -2.45. The van der Waals surface area contributed by atoms with Gasteiger partial charge < -0.3 is 16.2 Å². The van der Waals surface area contributed by atoms with Gasteiger partial charge in [-0.25, -0.2) is 0 Å². The van der Waals surface area contributed by atoms with Gasteiger partial charge in [0.05, 0.1) is 12.1 Å². The van der Waals surface area contributed by atoms with E-state index in [2.05, 4.69) is 5.32 Å². The summed E-state index contributed by atoms with van der Waals surface area (Å²) in [7, 11) is 1.95. The Balaban J connectivity index is 1.91. The molecule has 0 heterocycles. The number of nitrogens with two attached hydrogens (primary N) is 1. The molecule has 5 nitrogen and oxygen atoms in total. The summed E-state index contributed by atoms with van der Waals surface area (Å²) in [6.07, 6.45) is 1.53. The fourth-order valence-electron chi connectivity index (χ4n) is 2.63. The molecule has 2 rings (SSSR count). The molecule has 1 aromatic carbocycles. The Morgan fingerprint density at radius 3 is 2.81 bits per heavy atom. The highest BCUT2D eigenvalue weighted by molar-refractivity contribution is 5.95. The van der Waals surface area contributed by atoms with Crippen molar-refractivity contribution in [2.24, 2.45) is 5.92 Å². The maximum Gasteiger partial charge on any atom is 0.241 e. The summed E-state index contributed by atoms with van der Waals surface area (Å²) >= 11 is 0. The standard InChI is InChI=1S/C16H25N3O2/c1-10-4-5-13(17)8-15(10)18-16(21)11(2)19(3)9-12-6-14(20)7-12/h4-5,8,11-12,14,20H,6-7,9,17H2,1-3H3,(H,18,21). The van der Waals surface area contributed by atoms with Crippen molar-refractivity contribution < 1.29 is 9.90 Å². The normalized spacial score (nSPS) is 22.7. The van der Waals surface area contributed by atoms with Crippen molar-refractivity contribution in [3.8, 4) is 0 Å². The first-order valence-electron chi connectivity index (χ1n) is 7.42. The smallest absolute Gasteiger partial charge is 0.241 e. The number of aryl methyl sites for hydroxylation is 1. The van der Waals surface area contributed by atoms with E-state index in [0.29, 0.717) is 11.6 Å². The summed E-state index contributed by atoms with van der Waals surface area (Å²) in [4.78, 5) is 14.4. The second-order valence-corrected chi connectivity index (χ2v) is 6.17. The number of rotatable bonds is 5. The topological polar surface area (TPSA) is 78.6 Å². The van der Waals surface area contributed by atoms with Gasteiger partial charge in [-0.15, -0.1) is 0 Å². The van der Waals surface area contributed by atoms with Crippen LogP contribution in [0.5, 0.6) is 0 Å². The molecule has 5 heteroatoms. The predicted molar refractivity (Wildman–Crippen MR) is 85.0 cm³/mol. The van der Waals surface area contributed by atoms with Crippen LogP contribution in [0, 0.1) is 12.8 Å². The Morgan fingerprint density at radius 1 is 1.52 bits per heavy atom. The zero-order chi connectivity index (χ0) is 15.6. The number of carbonyl (C=O) groups excluding carboxylic acids is 1. The van der Waals surface area contributed by atoms with Crippen LogP contribution in [0.15, 0.2) is 18.2 Å². The zero-order valence-corrected chi connectivity index (χ0v) is 13.0. The first-order chi connectivity index (χ1) is 9.86. The van der Waals surface area contributed by atoms with Crippen molar-refractivity contribution in [1.29, 1.82) is 0 Å². The number of amides is 1. The molecule has 0 spiro atoms. The van der Waals surface area contributed by atoms with E-state index in [1.165, 1.54) is 0 Å². The maximum atomic E-state index is 12.3. The van der Waals surface area contributed by atoms with Gasteiger partial charge in [0.25, 0.3) is 0 Å². The molecule has 4 N–H and O–H groups in total. The third-order valence-corrected chi connectivity index (χ3v) is 4.32. The van der Waals surface area contributed by atoms with Crippen LogP contribution < -0.4 is 11.1 Å². The minimum absolute atomic E-state index is 0.0360. The van der Waals surface area contributed by atoms with Gasteiger partial charge in [0.1, 0.15) is 0 Å². The number of aliphatic hydroxyl groups excluding tert-OH is 1. The lowest BCUT2D eigenvalue weighted by molar-refractivity contribution is -0.120. The highest BCUT2D eigenvalue weighted by Crippen LogP contribution is 2.28. The lowest BCUT2D eigenvalue weighted by atomic mass is 9.82. The van der Waals surface area contributed by atoms with Crippen LogP contribution in [0.4, 0.5) is 11.4 Å². The summed E-state index contributed by atoms with van der Waals surface area (Å²) in [6, 6.07) is 5.28. The SMILES string of the molecule is Cc1ccc(N)cc1NC(=O)C(C)N(C)CC1CC(O)C1. The second kappa shape index (κ2) is 6.45. The molecule has 1 saturated carbocycles. The summed E-state index contributed by atoms with van der Waals surface area (Å²) in [5.41, 5.74) is 8.16. The number of nitrogens with zero attached hydrogens (tertiary/aromatic N) is 1. The lowest BCUT2D eigenvalue weighted by Gasteiger charge is -2.36. The predicted octanol–water partition coefficient (Wildman–Crippen LogP) is 1.61. The summed E-state index contributed by atoms with van der Waals surface area (Å²) in [6.45, 7) is 4.67. The molecule has 0 bridgehead atoms. The largest absolute Gasteiger partial charge is 0.399 e. The molecule has 1 aromatic rings. The molecule has 1 amide bonds. The van der Waals surface area contributed by atoms with Crippen molar-refractivity contribution in [2.45, 2.75) is 38.8 Å². The molecule has 0 radical (unpaired) electrons. The van der Waals surface area contributed by atoms with E-state index < -0.39 is 0 Å². The van der Waals surface area contributed by atoms with E-state index in [1.54, 1.807) is 6.07 Å². The quantitative estimate of drug-likeness (QED) is 0.720. The molecule has 1 aliphatic rings. The molecular weight excluding hydrogens is 266 g/mol.